The van der Waals surface area contributed by atoms with Gasteiger partial charge in [-0.25, -0.2) is 0 Å². The Morgan fingerprint density at radius 1 is 1.00 bits per heavy atom. The fraction of sp³-hybridized carbons (Fsp3) is 0.882. The van der Waals surface area contributed by atoms with Crippen molar-refractivity contribution in [3.05, 3.63) is 11.7 Å². The molecule has 0 unspecified atom stereocenters. The van der Waals surface area contributed by atoms with Crippen LogP contribution in [0, 0.1) is 5.41 Å². The number of rotatable bonds is 3. The van der Waals surface area contributed by atoms with Crippen LogP contribution in [-0.2, 0) is 0 Å². The van der Waals surface area contributed by atoms with Crippen LogP contribution in [0.2, 0.25) is 0 Å². The molecule has 21 heavy (non-hydrogen) atoms. The predicted molar refractivity (Wildman–Crippen MR) is 83.3 cm³/mol. The zero-order valence-corrected chi connectivity index (χ0v) is 13.7. The van der Waals surface area contributed by atoms with Crippen LogP contribution in [0.1, 0.15) is 88.8 Å². The van der Waals surface area contributed by atoms with Gasteiger partial charge in [0.05, 0.1) is 0 Å². The number of aromatic nitrogens is 2. The Morgan fingerprint density at radius 2 is 1.67 bits per heavy atom. The summed E-state index contributed by atoms with van der Waals surface area (Å²) >= 11 is 0. The quantitative estimate of drug-likeness (QED) is 0.914. The Hall–Kier alpha value is -0.900. The lowest BCUT2D eigenvalue weighted by Gasteiger charge is -2.32. The molecule has 0 spiro atoms. The Balaban J connectivity index is 1.59. The maximum Gasteiger partial charge on any atom is 0.229 e. The summed E-state index contributed by atoms with van der Waals surface area (Å²) in [5, 5.41) is 7.67. The lowest BCUT2D eigenvalue weighted by Crippen LogP contribution is -2.29. The Kier molecular flexibility index (Phi) is 4.34. The molecule has 0 aromatic carbocycles. The summed E-state index contributed by atoms with van der Waals surface area (Å²) in [6, 6.07) is 0.671. The highest BCUT2D eigenvalue weighted by molar-refractivity contribution is 5.02. The Bertz CT molecular complexity index is 450. The first-order valence-corrected chi connectivity index (χ1v) is 8.58. The molecule has 4 nitrogen and oxygen atoms in total. The van der Waals surface area contributed by atoms with Crippen molar-refractivity contribution in [2.75, 3.05) is 7.05 Å². The van der Waals surface area contributed by atoms with Gasteiger partial charge in [-0.2, -0.15) is 4.98 Å². The molecule has 2 aliphatic carbocycles. The van der Waals surface area contributed by atoms with E-state index in [1.807, 2.05) is 0 Å². The molecule has 0 amide bonds. The Labute approximate surface area is 128 Å². The van der Waals surface area contributed by atoms with Crippen LogP contribution in [-0.4, -0.2) is 23.2 Å². The number of nitrogens with one attached hydrogen (secondary N) is 1. The highest BCUT2D eigenvalue weighted by Gasteiger charge is 2.31. The van der Waals surface area contributed by atoms with Crippen LogP contribution in [0.25, 0.3) is 0 Å². The Morgan fingerprint density at radius 3 is 2.29 bits per heavy atom. The van der Waals surface area contributed by atoms with Gasteiger partial charge in [0.15, 0.2) is 5.82 Å². The second-order valence-electron chi connectivity index (χ2n) is 7.77. The molecule has 2 fully saturated rings. The first kappa shape index (κ1) is 15.0. The monoisotopic (exact) mass is 291 g/mol. The molecule has 0 aliphatic heterocycles. The first-order valence-electron chi connectivity index (χ1n) is 8.58. The normalized spacial score (nSPS) is 30.4. The molecule has 1 N–H and O–H groups in total. The first-order chi connectivity index (χ1) is 10.1. The molecular weight excluding hydrogens is 262 g/mol. The fourth-order valence-corrected chi connectivity index (χ4v) is 3.87. The van der Waals surface area contributed by atoms with E-state index < -0.39 is 0 Å². The molecule has 0 bridgehead atoms. The average Bonchev–Trinajstić information content (AvgIpc) is 2.97. The van der Waals surface area contributed by atoms with Crippen LogP contribution in [0.15, 0.2) is 4.52 Å². The summed E-state index contributed by atoms with van der Waals surface area (Å²) in [6.45, 7) is 4.73. The van der Waals surface area contributed by atoms with Gasteiger partial charge in [0, 0.05) is 17.9 Å². The van der Waals surface area contributed by atoms with Gasteiger partial charge < -0.3 is 9.84 Å². The minimum absolute atomic E-state index is 0.482. The molecule has 1 heterocycles. The van der Waals surface area contributed by atoms with Gasteiger partial charge in [-0.05, 0) is 63.8 Å². The average molecular weight is 291 g/mol. The number of hydrogen-bond donors (Lipinski definition) is 1. The topological polar surface area (TPSA) is 51.0 Å². The molecule has 0 radical (unpaired) electrons. The van der Waals surface area contributed by atoms with Crippen molar-refractivity contribution in [1.29, 1.82) is 0 Å². The van der Waals surface area contributed by atoms with Crippen molar-refractivity contribution in [1.82, 2.24) is 15.5 Å². The molecule has 3 rings (SSSR count). The van der Waals surface area contributed by atoms with Gasteiger partial charge in [0.1, 0.15) is 0 Å². The smallest absolute Gasteiger partial charge is 0.229 e. The van der Waals surface area contributed by atoms with Crippen molar-refractivity contribution >= 4 is 0 Å². The maximum absolute atomic E-state index is 5.60. The molecule has 4 heteroatoms. The third kappa shape index (κ3) is 3.47. The van der Waals surface area contributed by atoms with Crippen LogP contribution >= 0.6 is 0 Å². The lowest BCUT2D eigenvalue weighted by molar-refractivity contribution is 0.218. The van der Waals surface area contributed by atoms with Crippen molar-refractivity contribution in [2.45, 2.75) is 83.1 Å². The molecular formula is C17H29N3O. The largest absolute Gasteiger partial charge is 0.339 e. The van der Waals surface area contributed by atoms with Gasteiger partial charge >= 0.3 is 0 Å². The van der Waals surface area contributed by atoms with Crippen molar-refractivity contribution in [3.63, 3.8) is 0 Å². The van der Waals surface area contributed by atoms with Crippen molar-refractivity contribution in [3.8, 4) is 0 Å². The van der Waals surface area contributed by atoms with Crippen LogP contribution < -0.4 is 5.32 Å². The summed E-state index contributed by atoms with van der Waals surface area (Å²) in [4.78, 5) is 4.76. The van der Waals surface area contributed by atoms with E-state index >= 15 is 0 Å². The van der Waals surface area contributed by atoms with E-state index in [1.165, 1.54) is 51.4 Å². The highest BCUT2D eigenvalue weighted by atomic mass is 16.5. The molecule has 0 atom stereocenters. The van der Waals surface area contributed by atoms with E-state index in [1.54, 1.807) is 0 Å². The van der Waals surface area contributed by atoms with E-state index in [9.17, 15) is 0 Å². The fourth-order valence-electron chi connectivity index (χ4n) is 3.87. The van der Waals surface area contributed by atoms with Gasteiger partial charge in [-0.15, -0.1) is 0 Å². The third-order valence-corrected chi connectivity index (χ3v) is 5.65. The van der Waals surface area contributed by atoms with Gasteiger partial charge in [0.2, 0.25) is 5.89 Å². The zero-order chi connectivity index (χ0) is 14.9. The lowest BCUT2D eigenvalue weighted by atomic mass is 9.73. The van der Waals surface area contributed by atoms with Crippen LogP contribution in [0.3, 0.4) is 0 Å². The minimum Gasteiger partial charge on any atom is -0.339 e. The maximum atomic E-state index is 5.60. The summed E-state index contributed by atoms with van der Waals surface area (Å²) in [5.74, 6) is 2.86. The van der Waals surface area contributed by atoms with E-state index in [0.29, 0.717) is 23.3 Å². The standard InChI is InChI=1S/C17H29N3O/c1-17(2)10-8-12(9-11-17)15-19-16(21-20-15)13-4-6-14(18-3)7-5-13/h12-14,18H,4-11H2,1-3H3. The zero-order valence-electron chi connectivity index (χ0n) is 13.7. The van der Waals surface area contributed by atoms with E-state index in [0.717, 1.165) is 11.7 Å². The van der Waals surface area contributed by atoms with Crippen LogP contribution in [0.5, 0.6) is 0 Å². The molecule has 118 valence electrons. The van der Waals surface area contributed by atoms with Gasteiger partial charge in [-0.1, -0.05) is 19.0 Å². The predicted octanol–water partition coefficient (Wildman–Crippen LogP) is 4.00. The van der Waals surface area contributed by atoms with Gasteiger partial charge in [-0.3, -0.25) is 0 Å². The van der Waals surface area contributed by atoms with E-state index in [-0.39, 0.29) is 0 Å². The van der Waals surface area contributed by atoms with E-state index in [2.05, 4.69) is 31.4 Å². The van der Waals surface area contributed by atoms with Crippen molar-refractivity contribution in [2.24, 2.45) is 5.41 Å². The molecule has 2 saturated carbocycles. The SMILES string of the molecule is CNC1CCC(c2nc(C3CCC(C)(C)CC3)no2)CC1. The summed E-state index contributed by atoms with van der Waals surface area (Å²) in [5.41, 5.74) is 0.495. The molecule has 0 saturated heterocycles. The second kappa shape index (κ2) is 6.07. The summed E-state index contributed by atoms with van der Waals surface area (Å²) in [6.07, 6.45) is 9.74. The number of nitrogens with zero attached hydrogens (tertiary/aromatic N) is 2. The van der Waals surface area contributed by atoms with Crippen molar-refractivity contribution < 1.29 is 4.52 Å². The van der Waals surface area contributed by atoms with Crippen LogP contribution in [0.4, 0.5) is 0 Å². The van der Waals surface area contributed by atoms with Gasteiger partial charge in [0.25, 0.3) is 0 Å². The second-order valence-corrected chi connectivity index (χ2v) is 7.77. The molecule has 2 aliphatic rings. The van der Waals surface area contributed by atoms with E-state index in [4.69, 9.17) is 9.51 Å². The highest BCUT2D eigenvalue weighted by Crippen LogP contribution is 2.42. The number of hydrogen-bond acceptors (Lipinski definition) is 4. The minimum atomic E-state index is 0.482. The molecule has 1 aromatic heterocycles. The molecule has 1 aromatic rings. The summed E-state index contributed by atoms with van der Waals surface area (Å²) < 4.78 is 5.60. The third-order valence-electron chi connectivity index (χ3n) is 5.65. The summed E-state index contributed by atoms with van der Waals surface area (Å²) in [7, 11) is 2.06.